The molecule has 4 heteroatoms. The summed E-state index contributed by atoms with van der Waals surface area (Å²) in [6, 6.07) is 8.56. The SMILES string of the molecule is CCCCC(CCCC)=C(C#N)C#N.CCCCCCC(CCCC)(CCCC)C(C#N)C#N. The van der Waals surface area contributed by atoms with E-state index in [9.17, 15) is 10.5 Å². The third-order valence-electron chi connectivity index (χ3n) is 6.70. The van der Waals surface area contributed by atoms with Gasteiger partial charge in [-0.05, 0) is 55.9 Å². The zero-order valence-electron chi connectivity index (χ0n) is 22.9. The molecule has 0 bridgehead atoms. The average molecular weight is 467 g/mol. The van der Waals surface area contributed by atoms with Crippen LogP contribution < -0.4 is 0 Å². The van der Waals surface area contributed by atoms with Crippen molar-refractivity contribution < 1.29 is 0 Å². The van der Waals surface area contributed by atoms with Crippen molar-refractivity contribution in [1.29, 1.82) is 21.0 Å². The second-order valence-electron chi connectivity index (χ2n) is 9.48. The van der Waals surface area contributed by atoms with Gasteiger partial charge < -0.3 is 0 Å². The van der Waals surface area contributed by atoms with Crippen molar-refractivity contribution in [2.24, 2.45) is 11.3 Å². The molecule has 0 aromatic carbocycles. The van der Waals surface area contributed by atoms with E-state index in [1.165, 1.54) is 25.7 Å². The summed E-state index contributed by atoms with van der Waals surface area (Å²) >= 11 is 0. The zero-order valence-corrected chi connectivity index (χ0v) is 22.9. The molecule has 0 aliphatic heterocycles. The van der Waals surface area contributed by atoms with Gasteiger partial charge in [0.15, 0.2) is 0 Å². The highest BCUT2D eigenvalue weighted by molar-refractivity contribution is 5.40. The van der Waals surface area contributed by atoms with E-state index in [-0.39, 0.29) is 5.41 Å². The third-order valence-corrected chi connectivity index (χ3v) is 6.70. The second kappa shape index (κ2) is 23.8. The molecule has 0 radical (unpaired) electrons. The predicted octanol–water partition coefficient (Wildman–Crippen LogP) is 9.70. The van der Waals surface area contributed by atoms with Crippen molar-refractivity contribution in [3.05, 3.63) is 11.1 Å². The molecule has 0 heterocycles. The van der Waals surface area contributed by atoms with Crippen LogP contribution in [0.3, 0.4) is 0 Å². The minimum absolute atomic E-state index is 0.0523. The van der Waals surface area contributed by atoms with Crippen molar-refractivity contribution in [2.45, 2.75) is 144 Å². The maximum absolute atomic E-state index is 9.39. The highest BCUT2D eigenvalue weighted by Crippen LogP contribution is 2.43. The van der Waals surface area contributed by atoms with E-state index in [4.69, 9.17) is 10.5 Å². The molecule has 0 aromatic rings. The number of nitriles is 4. The number of rotatable bonds is 18. The summed E-state index contributed by atoms with van der Waals surface area (Å²) in [4.78, 5) is 0. The van der Waals surface area contributed by atoms with Crippen molar-refractivity contribution in [3.63, 3.8) is 0 Å². The van der Waals surface area contributed by atoms with Gasteiger partial charge in [0.25, 0.3) is 0 Å². The minimum atomic E-state index is -0.428. The first-order chi connectivity index (χ1) is 16.5. The second-order valence-corrected chi connectivity index (χ2v) is 9.48. The molecule has 0 amide bonds. The lowest BCUT2D eigenvalue weighted by molar-refractivity contribution is 0.165. The molecule has 0 atom stereocenters. The fraction of sp³-hybridized carbons (Fsp3) is 0.800. The summed E-state index contributed by atoms with van der Waals surface area (Å²) in [6.45, 7) is 10.8. The van der Waals surface area contributed by atoms with Gasteiger partial charge in [-0.15, -0.1) is 0 Å². The van der Waals surface area contributed by atoms with Gasteiger partial charge >= 0.3 is 0 Å². The molecule has 0 rings (SSSR count). The third kappa shape index (κ3) is 14.8. The Kier molecular flexibility index (Phi) is 23.8. The molecule has 0 spiro atoms. The number of unbranched alkanes of at least 4 members (excludes halogenated alkanes) is 7. The molecule has 0 aliphatic carbocycles. The van der Waals surface area contributed by atoms with E-state index in [0.29, 0.717) is 5.57 Å². The summed E-state index contributed by atoms with van der Waals surface area (Å²) in [5.41, 5.74) is 1.34. The number of allylic oxidation sites excluding steroid dienone is 2. The maximum Gasteiger partial charge on any atom is 0.138 e. The first-order valence-electron chi connectivity index (χ1n) is 13.8. The number of nitrogens with zero attached hydrogens (tertiary/aromatic N) is 4. The van der Waals surface area contributed by atoms with Gasteiger partial charge in [-0.3, -0.25) is 0 Å². The Hall–Kier alpha value is -2.30. The van der Waals surface area contributed by atoms with E-state index in [1.807, 2.05) is 12.1 Å². The van der Waals surface area contributed by atoms with Gasteiger partial charge in [0.1, 0.15) is 23.6 Å². The molecule has 0 saturated heterocycles. The fourth-order valence-electron chi connectivity index (χ4n) is 4.41. The molecule has 34 heavy (non-hydrogen) atoms. The monoisotopic (exact) mass is 466 g/mol. The minimum Gasteiger partial charge on any atom is -0.197 e. The van der Waals surface area contributed by atoms with Crippen LogP contribution in [0.5, 0.6) is 0 Å². The topological polar surface area (TPSA) is 95.2 Å². The quantitative estimate of drug-likeness (QED) is 0.148. The fourth-order valence-corrected chi connectivity index (χ4v) is 4.41. The lowest BCUT2D eigenvalue weighted by Gasteiger charge is -2.35. The van der Waals surface area contributed by atoms with Gasteiger partial charge in [-0.1, -0.05) is 98.8 Å². The van der Waals surface area contributed by atoms with Crippen LogP contribution in [0, 0.1) is 56.7 Å². The Morgan fingerprint density at radius 2 is 0.971 bits per heavy atom. The lowest BCUT2D eigenvalue weighted by Crippen LogP contribution is -2.29. The first kappa shape index (κ1) is 33.9. The van der Waals surface area contributed by atoms with E-state index < -0.39 is 5.92 Å². The van der Waals surface area contributed by atoms with E-state index in [0.717, 1.165) is 89.0 Å². The van der Waals surface area contributed by atoms with Crippen LogP contribution in [-0.4, -0.2) is 0 Å². The van der Waals surface area contributed by atoms with Crippen LogP contribution in [0.4, 0.5) is 0 Å². The largest absolute Gasteiger partial charge is 0.197 e. The van der Waals surface area contributed by atoms with Gasteiger partial charge in [-0.2, -0.15) is 21.0 Å². The van der Waals surface area contributed by atoms with Crippen LogP contribution in [0.2, 0.25) is 0 Å². The summed E-state index contributed by atoms with van der Waals surface area (Å²) in [6.07, 6.45) is 18.8. The van der Waals surface area contributed by atoms with E-state index in [2.05, 4.69) is 46.8 Å². The van der Waals surface area contributed by atoms with Crippen LogP contribution >= 0.6 is 0 Å². The molecule has 4 nitrogen and oxygen atoms in total. The standard InChI is InChI=1S/C18H32N2.C12H18N2/c1-4-7-10-11-14-18(12-8-5-2,13-9-6-3)17(15-19)16-20;1-3-5-7-11(8-6-4-2)12(9-13)10-14/h17H,4-14H2,1-3H3;3-8H2,1-2H3. The lowest BCUT2D eigenvalue weighted by atomic mass is 9.66. The molecule has 0 aromatic heterocycles. The number of hydrogen-bond acceptors (Lipinski definition) is 4. The van der Waals surface area contributed by atoms with Gasteiger partial charge in [0, 0.05) is 0 Å². The smallest absolute Gasteiger partial charge is 0.138 e. The summed E-state index contributed by atoms with van der Waals surface area (Å²) < 4.78 is 0. The Labute approximate surface area is 211 Å². The highest BCUT2D eigenvalue weighted by Gasteiger charge is 2.37. The van der Waals surface area contributed by atoms with Gasteiger partial charge in [0.05, 0.1) is 12.1 Å². The van der Waals surface area contributed by atoms with Gasteiger partial charge in [-0.25, -0.2) is 0 Å². The van der Waals surface area contributed by atoms with Crippen molar-refractivity contribution in [1.82, 2.24) is 0 Å². The Balaban J connectivity index is 0. The highest BCUT2D eigenvalue weighted by atomic mass is 14.4. The maximum atomic E-state index is 9.39. The Bertz CT molecular complexity index is 645. The molecule has 0 N–H and O–H groups in total. The molecular weight excluding hydrogens is 416 g/mol. The molecule has 0 unspecified atom stereocenters. The van der Waals surface area contributed by atoms with Crippen LogP contribution in [0.25, 0.3) is 0 Å². The normalized spacial score (nSPS) is 10.3. The molecule has 0 saturated carbocycles. The first-order valence-corrected chi connectivity index (χ1v) is 13.8. The van der Waals surface area contributed by atoms with Crippen LogP contribution in [0.15, 0.2) is 11.1 Å². The van der Waals surface area contributed by atoms with Crippen LogP contribution in [-0.2, 0) is 0 Å². The van der Waals surface area contributed by atoms with Gasteiger partial charge in [0.2, 0.25) is 0 Å². The van der Waals surface area contributed by atoms with Crippen LogP contribution in [0.1, 0.15) is 144 Å². The number of hydrogen-bond donors (Lipinski definition) is 0. The molecule has 0 fully saturated rings. The van der Waals surface area contributed by atoms with Crippen molar-refractivity contribution >= 4 is 0 Å². The molecular formula is C30H50N4. The Morgan fingerprint density at radius 1 is 0.559 bits per heavy atom. The summed E-state index contributed by atoms with van der Waals surface area (Å²) in [5.74, 6) is -0.428. The van der Waals surface area contributed by atoms with Crippen molar-refractivity contribution in [2.75, 3.05) is 0 Å². The molecule has 190 valence electrons. The summed E-state index contributed by atoms with van der Waals surface area (Å²) in [5, 5.41) is 36.3. The Morgan fingerprint density at radius 3 is 1.32 bits per heavy atom. The zero-order chi connectivity index (χ0) is 26.1. The predicted molar refractivity (Wildman–Crippen MR) is 142 cm³/mol. The summed E-state index contributed by atoms with van der Waals surface area (Å²) in [7, 11) is 0. The molecule has 0 aliphatic rings. The average Bonchev–Trinajstić information content (AvgIpc) is 2.86. The van der Waals surface area contributed by atoms with Crippen molar-refractivity contribution in [3.8, 4) is 24.3 Å². The van der Waals surface area contributed by atoms with E-state index >= 15 is 0 Å². The van der Waals surface area contributed by atoms with E-state index in [1.54, 1.807) is 0 Å².